The van der Waals surface area contributed by atoms with Crippen LogP contribution in [0.1, 0.15) is 17.1 Å². The molecule has 0 aliphatic heterocycles. The van der Waals surface area contributed by atoms with Crippen LogP contribution in [-0.2, 0) is 12.8 Å². The minimum absolute atomic E-state index is 0.506. The second-order valence-corrected chi connectivity index (χ2v) is 5.03. The van der Waals surface area contributed by atoms with E-state index in [-0.39, 0.29) is 0 Å². The number of methoxy groups -OCH3 is 1. The van der Waals surface area contributed by atoms with E-state index in [9.17, 15) is 0 Å². The molecule has 0 bridgehead atoms. The van der Waals surface area contributed by atoms with Gasteiger partial charge in [0.15, 0.2) is 5.82 Å². The number of aryl methyl sites for hydroxylation is 3. The van der Waals surface area contributed by atoms with Crippen molar-refractivity contribution in [2.45, 2.75) is 19.8 Å². The lowest BCUT2D eigenvalue weighted by Gasteiger charge is -2.04. The summed E-state index contributed by atoms with van der Waals surface area (Å²) in [6.07, 6.45) is 3.60. The van der Waals surface area contributed by atoms with Gasteiger partial charge in [0, 0.05) is 11.9 Å². The summed E-state index contributed by atoms with van der Waals surface area (Å²) in [5, 5.41) is 3.78. The van der Waals surface area contributed by atoms with Crippen molar-refractivity contribution >= 4 is 0 Å². The van der Waals surface area contributed by atoms with Gasteiger partial charge in [-0.25, -0.2) is 0 Å². The highest BCUT2D eigenvalue weighted by atomic mass is 16.5. The molecule has 5 heteroatoms. The normalized spacial score (nSPS) is 10.6. The van der Waals surface area contributed by atoms with Crippen LogP contribution in [0, 0.1) is 6.92 Å². The molecule has 2 heterocycles. The summed E-state index contributed by atoms with van der Waals surface area (Å²) in [6, 6.07) is 12.1. The number of hydrogen-bond donors (Lipinski definition) is 0. The van der Waals surface area contributed by atoms with Gasteiger partial charge in [0.25, 0.3) is 5.89 Å². The summed E-state index contributed by atoms with van der Waals surface area (Å²) < 4.78 is 10.3. The van der Waals surface area contributed by atoms with E-state index in [1.807, 2.05) is 24.3 Å². The predicted molar refractivity (Wildman–Crippen MR) is 82.7 cm³/mol. The van der Waals surface area contributed by atoms with Crippen molar-refractivity contribution in [1.82, 2.24) is 15.1 Å². The number of benzene rings is 1. The molecule has 0 fully saturated rings. The molecule has 0 atom stereocenters. The summed E-state index contributed by atoms with van der Waals surface area (Å²) >= 11 is 0. The van der Waals surface area contributed by atoms with Crippen molar-refractivity contribution in [3.05, 3.63) is 59.7 Å². The maximum atomic E-state index is 5.16. The fourth-order valence-electron chi connectivity index (χ4n) is 2.18. The predicted octanol–water partition coefficient (Wildman–Crippen LogP) is 3.23. The molecule has 0 spiro atoms. The minimum atomic E-state index is 0.506. The third kappa shape index (κ3) is 3.31. The first-order valence-corrected chi connectivity index (χ1v) is 7.13. The molecule has 0 saturated carbocycles. The monoisotopic (exact) mass is 295 g/mol. The van der Waals surface area contributed by atoms with Gasteiger partial charge in [-0.2, -0.15) is 4.98 Å². The Bertz CT molecular complexity index is 733. The SMILES string of the molecule is COc1ccc(CCc2ccc(-c3nc(C)no3)cn2)cc1. The second kappa shape index (κ2) is 6.39. The highest BCUT2D eigenvalue weighted by molar-refractivity contribution is 5.50. The van der Waals surface area contributed by atoms with E-state index >= 15 is 0 Å². The van der Waals surface area contributed by atoms with Gasteiger partial charge in [-0.15, -0.1) is 0 Å². The van der Waals surface area contributed by atoms with Crippen LogP contribution in [0.25, 0.3) is 11.5 Å². The number of ether oxygens (including phenoxy) is 1. The van der Waals surface area contributed by atoms with Crippen molar-refractivity contribution in [1.29, 1.82) is 0 Å². The Morgan fingerprint density at radius 2 is 1.86 bits per heavy atom. The second-order valence-electron chi connectivity index (χ2n) is 5.03. The molecule has 112 valence electrons. The molecule has 0 saturated heterocycles. The van der Waals surface area contributed by atoms with Gasteiger partial charge in [0.05, 0.1) is 12.7 Å². The molecule has 0 unspecified atom stereocenters. The quantitative estimate of drug-likeness (QED) is 0.723. The first-order valence-electron chi connectivity index (χ1n) is 7.13. The number of rotatable bonds is 5. The van der Waals surface area contributed by atoms with Crippen molar-refractivity contribution in [2.24, 2.45) is 0 Å². The molecular formula is C17H17N3O2. The van der Waals surface area contributed by atoms with Crippen molar-refractivity contribution in [2.75, 3.05) is 7.11 Å². The maximum Gasteiger partial charge on any atom is 0.259 e. The Kier molecular flexibility index (Phi) is 4.14. The van der Waals surface area contributed by atoms with Gasteiger partial charge >= 0.3 is 0 Å². The average Bonchev–Trinajstić information content (AvgIpc) is 3.00. The molecule has 3 aromatic rings. The topological polar surface area (TPSA) is 61.0 Å². The lowest BCUT2D eigenvalue weighted by Crippen LogP contribution is -1.95. The van der Waals surface area contributed by atoms with Crippen molar-refractivity contribution < 1.29 is 9.26 Å². The van der Waals surface area contributed by atoms with E-state index in [0.717, 1.165) is 29.8 Å². The van der Waals surface area contributed by atoms with Crippen LogP contribution in [0.15, 0.2) is 47.1 Å². The molecule has 5 nitrogen and oxygen atoms in total. The lowest BCUT2D eigenvalue weighted by atomic mass is 10.1. The van der Waals surface area contributed by atoms with Crippen LogP contribution in [0.3, 0.4) is 0 Å². The number of pyridine rings is 1. The van der Waals surface area contributed by atoms with Gasteiger partial charge in [0.1, 0.15) is 5.75 Å². The molecular weight excluding hydrogens is 278 g/mol. The molecule has 2 aromatic heterocycles. The van der Waals surface area contributed by atoms with Gasteiger partial charge in [0.2, 0.25) is 0 Å². The molecule has 1 aromatic carbocycles. The number of aromatic nitrogens is 3. The van der Waals surface area contributed by atoms with E-state index in [1.54, 1.807) is 20.2 Å². The van der Waals surface area contributed by atoms with E-state index in [1.165, 1.54) is 5.56 Å². The average molecular weight is 295 g/mol. The largest absolute Gasteiger partial charge is 0.497 e. The van der Waals surface area contributed by atoms with Gasteiger partial charge < -0.3 is 9.26 Å². The summed E-state index contributed by atoms with van der Waals surface area (Å²) in [7, 11) is 1.67. The molecule has 3 rings (SSSR count). The van der Waals surface area contributed by atoms with E-state index in [0.29, 0.717) is 11.7 Å². The molecule has 0 radical (unpaired) electrons. The summed E-state index contributed by atoms with van der Waals surface area (Å²) in [5.74, 6) is 2.01. The highest BCUT2D eigenvalue weighted by Crippen LogP contribution is 2.17. The molecule has 0 N–H and O–H groups in total. The zero-order valence-corrected chi connectivity index (χ0v) is 12.6. The Morgan fingerprint density at radius 3 is 2.45 bits per heavy atom. The zero-order chi connectivity index (χ0) is 15.4. The van der Waals surface area contributed by atoms with E-state index in [2.05, 4.69) is 27.3 Å². The molecule has 0 aliphatic rings. The fourth-order valence-corrected chi connectivity index (χ4v) is 2.18. The van der Waals surface area contributed by atoms with Gasteiger partial charge in [-0.1, -0.05) is 17.3 Å². The Labute approximate surface area is 129 Å². The number of hydrogen-bond acceptors (Lipinski definition) is 5. The van der Waals surface area contributed by atoms with Crippen molar-refractivity contribution in [3.63, 3.8) is 0 Å². The third-order valence-electron chi connectivity index (χ3n) is 3.43. The summed E-state index contributed by atoms with van der Waals surface area (Å²) in [6.45, 7) is 1.80. The Morgan fingerprint density at radius 1 is 1.05 bits per heavy atom. The van der Waals surface area contributed by atoms with Crippen LogP contribution < -0.4 is 4.74 Å². The van der Waals surface area contributed by atoms with E-state index < -0.39 is 0 Å². The molecule has 22 heavy (non-hydrogen) atoms. The zero-order valence-electron chi connectivity index (χ0n) is 12.6. The Hall–Kier alpha value is -2.69. The van der Waals surface area contributed by atoms with Crippen LogP contribution in [0.5, 0.6) is 5.75 Å². The fraction of sp³-hybridized carbons (Fsp3) is 0.235. The van der Waals surface area contributed by atoms with Gasteiger partial charge in [-0.05, 0) is 49.6 Å². The summed E-state index contributed by atoms with van der Waals surface area (Å²) in [5.41, 5.74) is 3.14. The first-order chi connectivity index (χ1) is 10.7. The van der Waals surface area contributed by atoms with Crippen LogP contribution >= 0.6 is 0 Å². The van der Waals surface area contributed by atoms with Crippen LogP contribution in [0.4, 0.5) is 0 Å². The highest BCUT2D eigenvalue weighted by Gasteiger charge is 2.06. The maximum absolute atomic E-state index is 5.16. The smallest absolute Gasteiger partial charge is 0.259 e. The summed E-state index contributed by atoms with van der Waals surface area (Å²) in [4.78, 5) is 8.65. The third-order valence-corrected chi connectivity index (χ3v) is 3.43. The minimum Gasteiger partial charge on any atom is -0.497 e. The Balaban J connectivity index is 1.63. The van der Waals surface area contributed by atoms with Crippen LogP contribution in [-0.4, -0.2) is 22.2 Å². The standard InChI is InChI=1S/C17H17N3O2/c1-12-19-17(22-20-12)14-6-8-15(18-11-14)7-3-13-4-9-16(21-2)10-5-13/h4-6,8-11H,3,7H2,1-2H3. The number of nitrogens with zero attached hydrogens (tertiary/aromatic N) is 3. The van der Waals surface area contributed by atoms with E-state index in [4.69, 9.17) is 9.26 Å². The van der Waals surface area contributed by atoms with Crippen molar-refractivity contribution in [3.8, 4) is 17.2 Å². The van der Waals surface area contributed by atoms with Crippen LogP contribution in [0.2, 0.25) is 0 Å². The lowest BCUT2D eigenvalue weighted by molar-refractivity contribution is 0.414. The molecule has 0 aliphatic carbocycles. The van der Waals surface area contributed by atoms with Gasteiger partial charge in [-0.3, -0.25) is 4.98 Å². The first kappa shape index (κ1) is 14.3. The molecule has 0 amide bonds.